The van der Waals surface area contributed by atoms with E-state index in [9.17, 15) is 4.79 Å². The summed E-state index contributed by atoms with van der Waals surface area (Å²) in [5.41, 5.74) is 1.09. The molecule has 1 saturated carbocycles. The number of ketones is 1. The van der Waals surface area contributed by atoms with E-state index in [2.05, 4.69) is 15.9 Å². The molecule has 0 radical (unpaired) electrons. The molecule has 3 heteroatoms. The fraction of sp³-hybridized carbons (Fsp3) is 0.500. The van der Waals surface area contributed by atoms with Gasteiger partial charge in [-0.1, -0.05) is 46.4 Å². The highest BCUT2D eigenvalue weighted by atomic mass is 79.9. The van der Waals surface area contributed by atoms with Gasteiger partial charge in [0.2, 0.25) is 0 Å². The fourth-order valence-electron chi connectivity index (χ4n) is 2.40. The molecule has 0 saturated heterocycles. The molecule has 17 heavy (non-hydrogen) atoms. The van der Waals surface area contributed by atoms with E-state index in [0.29, 0.717) is 5.78 Å². The van der Waals surface area contributed by atoms with Gasteiger partial charge in [0.25, 0.3) is 0 Å². The standard InChI is InChI=1S/C14H16BrClO/c15-12-7-6-10(13(16)9-12)8-11-4-2-1-3-5-14(11)17/h6-7,9,11H,1-5,8H2. The normalized spacial score (nSPS) is 21.3. The Labute approximate surface area is 116 Å². The molecule has 1 unspecified atom stereocenters. The lowest BCUT2D eigenvalue weighted by Gasteiger charge is -2.14. The van der Waals surface area contributed by atoms with Crippen molar-refractivity contribution in [1.29, 1.82) is 0 Å². The second-order valence-electron chi connectivity index (χ2n) is 4.70. The highest BCUT2D eigenvalue weighted by Gasteiger charge is 2.21. The first-order valence-corrected chi connectivity index (χ1v) is 7.30. The molecule has 0 N–H and O–H groups in total. The van der Waals surface area contributed by atoms with Crippen LogP contribution in [0.3, 0.4) is 0 Å². The monoisotopic (exact) mass is 314 g/mol. The van der Waals surface area contributed by atoms with Gasteiger partial charge in [-0.25, -0.2) is 0 Å². The average Bonchev–Trinajstić information content (AvgIpc) is 2.48. The van der Waals surface area contributed by atoms with Crippen molar-refractivity contribution in [1.82, 2.24) is 0 Å². The summed E-state index contributed by atoms with van der Waals surface area (Å²) in [5, 5.41) is 0.761. The molecular weight excluding hydrogens is 300 g/mol. The quantitative estimate of drug-likeness (QED) is 0.717. The van der Waals surface area contributed by atoms with Crippen molar-refractivity contribution in [2.75, 3.05) is 0 Å². The fourth-order valence-corrected chi connectivity index (χ4v) is 3.15. The third-order valence-electron chi connectivity index (χ3n) is 3.41. The van der Waals surface area contributed by atoms with Gasteiger partial charge in [-0.2, -0.15) is 0 Å². The van der Waals surface area contributed by atoms with Crippen molar-refractivity contribution in [3.63, 3.8) is 0 Å². The zero-order chi connectivity index (χ0) is 12.3. The zero-order valence-electron chi connectivity index (χ0n) is 9.72. The van der Waals surface area contributed by atoms with Crippen molar-refractivity contribution < 1.29 is 4.79 Å². The molecule has 2 rings (SSSR count). The van der Waals surface area contributed by atoms with Crippen molar-refractivity contribution in [2.45, 2.75) is 38.5 Å². The number of hydrogen-bond acceptors (Lipinski definition) is 1. The van der Waals surface area contributed by atoms with Crippen molar-refractivity contribution in [2.24, 2.45) is 5.92 Å². The van der Waals surface area contributed by atoms with E-state index in [1.807, 2.05) is 18.2 Å². The first-order valence-electron chi connectivity index (χ1n) is 6.13. The van der Waals surface area contributed by atoms with Crippen LogP contribution >= 0.6 is 27.5 Å². The molecule has 1 aromatic rings. The summed E-state index contributed by atoms with van der Waals surface area (Å²) in [6, 6.07) is 5.91. The summed E-state index contributed by atoms with van der Waals surface area (Å²) < 4.78 is 0.985. The van der Waals surface area contributed by atoms with Crippen molar-refractivity contribution >= 4 is 33.3 Å². The van der Waals surface area contributed by atoms with Crippen LogP contribution in [0, 0.1) is 5.92 Å². The lowest BCUT2D eigenvalue weighted by molar-refractivity contribution is -0.122. The number of rotatable bonds is 2. The van der Waals surface area contributed by atoms with Crippen LogP contribution in [-0.4, -0.2) is 5.78 Å². The van der Waals surface area contributed by atoms with Crippen LogP contribution in [0.25, 0.3) is 0 Å². The van der Waals surface area contributed by atoms with E-state index in [-0.39, 0.29) is 5.92 Å². The summed E-state index contributed by atoms with van der Waals surface area (Å²) in [5.74, 6) is 0.595. The third-order valence-corrected chi connectivity index (χ3v) is 4.26. The third kappa shape index (κ3) is 3.56. The van der Waals surface area contributed by atoms with E-state index in [0.717, 1.165) is 40.7 Å². The summed E-state index contributed by atoms with van der Waals surface area (Å²) in [6.45, 7) is 0. The van der Waals surface area contributed by atoms with Crippen LogP contribution < -0.4 is 0 Å². The van der Waals surface area contributed by atoms with Gasteiger partial charge in [-0.15, -0.1) is 0 Å². The highest BCUT2D eigenvalue weighted by Crippen LogP contribution is 2.28. The Morgan fingerprint density at radius 1 is 1.29 bits per heavy atom. The molecule has 0 heterocycles. The van der Waals surface area contributed by atoms with E-state index in [1.165, 1.54) is 12.8 Å². The minimum absolute atomic E-state index is 0.177. The minimum Gasteiger partial charge on any atom is -0.299 e. The van der Waals surface area contributed by atoms with Crippen LogP contribution in [0.1, 0.15) is 37.7 Å². The molecule has 1 aromatic carbocycles. The smallest absolute Gasteiger partial charge is 0.136 e. The maximum absolute atomic E-state index is 11.9. The number of carbonyl (C=O) groups is 1. The van der Waals surface area contributed by atoms with Crippen LogP contribution in [0.4, 0.5) is 0 Å². The molecule has 1 nitrogen and oxygen atoms in total. The Kier molecular flexibility index (Phi) is 4.63. The van der Waals surface area contributed by atoms with Gasteiger partial charge in [0, 0.05) is 21.8 Å². The number of hydrogen-bond donors (Lipinski definition) is 0. The minimum atomic E-state index is 0.177. The molecule has 1 aliphatic carbocycles. The van der Waals surface area contributed by atoms with Crippen LogP contribution in [0.2, 0.25) is 5.02 Å². The van der Waals surface area contributed by atoms with Crippen molar-refractivity contribution in [3.8, 4) is 0 Å². The molecule has 0 aliphatic heterocycles. The lowest BCUT2D eigenvalue weighted by atomic mass is 9.91. The second-order valence-corrected chi connectivity index (χ2v) is 6.03. The Bertz CT molecular complexity index is 417. The Hall–Kier alpha value is -0.340. The summed E-state index contributed by atoms with van der Waals surface area (Å²) in [4.78, 5) is 11.9. The number of Topliss-reactive ketones (excluding diaryl/α,β-unsaturated/α-hetero) is 1. The molecule has 0 amide bonds. The Morgan fingerprint density at radius 3 is 2.88 bits per heavy atom. The summed E-state index contributed by atoms with van der Waals surface area (Å²) >= 11 is 9.59. The number of halogens is 2. The first-order chi connectivity index (χ1) is 8.16. The molecule has 0 spiro atoms. The molecular formula is C14H16BrClO. The average molecular weight is 316 g/mol. The summed E-state index contributed by atoms with van der Waals surface area (Å²) in [7, 11) is 0. The van der Waals surface area contributed by atoms with Gasteiger partial charge in [-0.3, -0.25) is 4.79 Å². The van der Waals surface area contributed by atoms with Crippen LogP contribution in [-0.2, 0) is 11.2 Å². The highest BCUT2D eigenvalue weighted by molar-refractivity contribution is 9.10. The van der Waals surface area contributed by atoms with Gasteiger partial charge in [-0.05, 0) is 37.0 Å². The van der Waals surface area contributed by atoms with Gasteiger partial charge < -0.3 is 0 Å². The molecule has 0 bridgehead atoms. The van der Waals surface area contributed by atoms with Gasteiger partial charge in [0.1, 0.15) is 5.78 Å². The van der Waals surface area contributed by atoms with Crippen molar-refractivity contribution in [3.05, 3.63) is 33.3 Å². The maximum Gasteiger partial charge on any atom is 0.136 e. The largest absolute Gasteiger partial charge is 0.299 e. The molecule has 0 aromatic heterocycles. The Balaban J connectivity index is 2.10. The SMILES string of the molecule is O=C1CCCCCC1Cc1ccc(Br)cc1Cl. The zero-order valence-corrected chi connectivity index (χ0v) is 12.1. The molecule has 1 fully saturated rings. The second kappa shape index (κ2) is 6.01. The van der Waals surface area contributed by atoms with Gasteiger partial charge >= 0.3 is 0 Å². The lowest BCUT2D eigenvalue weighted by Crippen LogP contribution is -2.15. The molecule has 1 aliphatic rings. The van der Waals surface area contributed by atoms with E-state index < -0.39 is 0 Å². The molecule has 1 atom stereocenters. The van der Waals surface area contributed by atoms with Crippen LogP contribution in [0.5, 0.6) is 0 Å². The summed E-state index contributed by atoms with van der Waals surface area (Å²) in [6.07, 6.45) is 5.99. The van der Waals surface area contributed by atoms with Gasteiger partial charge in [0.05, 0.1) is 0 Å². The van der Waals surface area contributed by atoms with E-state index in [1.54, 1.807) is 0 Å². The topological polar surface area (TPSA) is 17.1 Å². The Morgan fingerprint density at radius 2 is 2.12 bits per heavy atom. The van der Waals surface area contributed by atoms with E-state index in [4.69, 9.17) is 11.6 Å². The number of benzene rings is 1. The number of carbonyl (C=O) groups excluding carboxylic acids is 1. The predicted molar refractivity (Wildman–Crippen MR) is 74.4 cm³/mol. The molecule has 92 valence electrons. The first kappa shape index (κ1) is 13.1. The predicted octanol–water partition coefficient (Wildman–Crippen LogP) is 4.79. The van der Waals surface area contributed by atoms with Gasteiger partial charge in [0.15, 0.2) is 0 Å². The maximum atomic E-state index is 11.9. The van der Waals surface area contributed by atoms with E-state index >= 15 is 0 Å². The van der Waals surface area contributed by atoms with Crippen LogP contribution in [0.15, 0.2) is 22.7 Å².